The normalized spacial score (nSPS) is 27.4. The minimum absolute atomic E-state index is 0.635. The van der Waals surface area contributed by atoms with Gasteiger partial charge in [0.1, 0.15) is 5.58 Å². The highest BCUT2D eigenvalue weighted by Gasteiger charge is 2.37. The summed E-state index contributed by atoms with van der Waals surface area (Å²) in [5, 5.41) is 4.94. The Morgan fingerprint density at radius 3 is 3.00 bits per heavy atom. The van der Waals surface area contributed by atoms with Gasteiger partial charge < -0.3 is 9.73 Å². The molecule has 20 heavy (non-hydrogen) atoms. The molecule has 106 valence electrons. The number of hydrogen-bond donors (Lipinski definition) is 1. The van der Waals surface area contributed by atoms with Crippen molar-refractivity contribution in [1.82, 2.24) is 10.2 Å². The molecule has 1 N–H and O–H groups in total. The van der Waals surface area contributed by atoms with E-state index in [1.54, 1.807) is 6.26 Å². The number of fused-ring (bicyclic) bond motifs is 1. The topological polar surface area (TPSA) is 28.4 Å². The number of nitrogens with zero attached hydrogens (tertiary/aromatic N) is 1. The van der Waals surface area contributed by atoms with E-state index in [0.717, 1.165) is 24.1 Å². The monoisotopic (exact) mass is 270 g/mol. The molecule has 1 aromatic heterocycles. The lowest BCUT2D eigenvalue weighted by molar-refractivity contribution is 0.313. The molecule has 0 amide bonds. The molecule has 0 radical (unpaired) electrons. The Morgan fingerprint density at radius 2 is 2.15 bits per heavy atom. The van der Waals surface area contributed by atoms with E-state index in [-0.39, 0.29) is 0 Å². The van der Waals surface area contributed by atoms with Crippen LogP contribution in [0.1, 0.15) is 25.3 Å². The fourth-order valence-corrected chi connectivity index (χ4v) is 3.38. The molecule has 2 aliphatic rings. The van der Waals surface area contributed by atoms with Crippen molar-refractivity contribution in [3.05, 3.63) is 36.1 Å². The lowest BCUT2D eigenvalue weighted by Gasteiger charge is -2.17. The van der Waals surface area contributed by atoms with Crippen LogP contribution in [0, 0.1) is 5.92 Å². The first-order valence-electron chi connectivity index (χ1n) is 7.73. The molecule has 1 aromatic carbocycles. The van der Waals surface area contributed by atoms with E-state index in [4.69, 9.17) is 4.42 Å². The maximum atomic E-state index is 5.39. The molecule has 1 aliphatic carbocycles. The molecule has 3 nitrogen and oxygen atoms in total. The highest BCUT2D eigenvalue weighted by atomic mass is 16.3. The standard InChI is InChI=1S/C17H22N2O/c1-12-10-19(15-3-4-15)11-16(12)18-9-13-2-5-17-14(8-13)6-7-20-17/h2,5-8,12,15-16,18H,3-4,9-11H2,1H3. The van der Waals surface area contributed by atoms with Gasteiger partial charge in [-0.2, -0.15) is 0 Å². The minimum atomic E-state index is 0.635. The van der Waals surface area contributed by atoms with Crippen molar-refractivity contribution in [3.8, 4) is 0 Å². The fourth-order valence-electron chi connectivity index (χ4n) is 3.38. The molecular formula is C17H22N2O. The van der Waals surface area contributed by atoms with Gasteiger partial charge in [-0.15, -0.1) is 0 Å². The number of rotatable bonds is 4. The maximum Gasteiger partial charge on any atom is 0.133 e. The lowest BCUT2D eigenvalue weighted by atomic mass is 10.1. The van der Waals surface area contributed by atoms with E-state index in [1.165, 1.54) is 36.9 Å². The third-order valence-electron chi connectivity index (χ3n) is 4.79. The first kappa shape index (κ1) is 12.4. The van der Waals surface area contributed by atoms with Gasteiger partial charge in [0.15, 0.2) is 0 Å². The average molecular weight is 270 g/mol. The number of benzene rings is 1. The summed E-state index contributed by atoms with van der Waals surface area (Å²) >= 11 is 0. The van der Waals surface area contributed by atoms with Gasteiger partial charge in [-0.1, -0.05) is 13.0 Å². The summed E-state index contributed by atoms with van der Waals surface area (Å²) in [5.74, 6) is 0.758. The van der Waals surface area contributed by atoms with Crippen LogP contribution >= 0.6 is 0 Å². The summed E-state index contributed by atoms with van der Waals surface area (Å²) in [6.07, 6.45) is 4.58. The third-order valence-corrected chi connectivity index (χ3v) is 4.79. The predicted octanol–water partition coefficient (Wildman–Crippen LogP) is 3.01. The van der Waals surface area contributed by atoms with Gasteiger partial charge in [-0.05, 0) is 42.5 Å². The van der Waals surface area contributed by atoms with Gasteiger partial charge in [0.2, 0.25) is 0 Å². The zero-order valence-electron chi connectivity index (χ0n) is 12.0. The summed E-state index contributed by atoms with van der Waals surface area (Å²) in [6.45, 7) is 5.82. The summed E-state index contributed by atoms with van der Waals surface area (Å²) in [4.78, 5) is 2.67. The van der Waals surface area contributed by atoms with Gasteiger partial charge in [-0.3, -0.25) is 4.90 Å². The molecule has 2 fully saturated rings. The molecular weight excluding hydrogens is 248 g/mol. The molecule has 0 spiro atoms. The third kappa shape index (κ3) is 2.36. The van der Waals surface area contributed by atoms with Gasteiger partial charge >= 0.3 is 0 Å². The van der Waals surface area contributed by atoms with Crippen molar-refractivity contribution in [2.75, 3.05) is 13.1 Å². The van der Waals surface area contributed by atoms with E-state index >= 15 is 0 Å². The van der Waals surface area contributed by atoms with Crippen LogP contribution < -0.4 is 5.32 Å². The molecule has 2 heterocycles. The van der Waals surface area contributed by atoms with Crippen molar-refractivity contribution in [2.45, 2.75) is 38.4 Å². The lowest BCUT2D eigenvalue weighted by Crippen LogP contribution is -2.35. The van der Waals surface area contributed by atoms with E-state index in [1.807, 2.05) is 6.07 Å². The summed E-state index contributed by atoms with van der Waals surface area (Å²) in [7, 11) is 0. The van der Waals surface area contributed by atoms with Gasteiger partial charge in [-0.25, -0.2) is 0 Å². The molecule has 0 bridgehead atoms. The molecule has 2 aromatic rings. The maximum absolute atomic E-state index is 5.39. The quantitative estimate of drug-likeness (QED) is 0.925. The zero-order chi connectivity index (χ0) is 13.5. The average Bonchev–Trinajstić information content (AvgIpc) is 3.08. The Bertz CT molecular complexity index is 602. The first-order valence-corrected chi connectivity index (χ1v) is 7.73. The minimum Gasteiger partial charge on any atom is -0.464 e. The van der Waals surface area contributed by atoms with Crippen LogP contribution in [0.15, 0.2) is 34.9 Å². The van der Waals surface area contributed by atoms with Gasteiger partial charge in [0.25, 0.3) is 0 Å². The Hall–Kier alpha value is -1.32. The molecule has 4 rings (SSSR count). The van der Waals surface area contributed by atoms with Crippen molar-refractivity contribution < 1.29 is 4.42 Å². The van der Waals surface area contributed by atoms with Crippen LogP contribution in [0.5, 0.6) is 0 Å². The van der Waals surface area contributed by atoms with Crippen molar-refractivity contribution in [1.29, 1.82) is 0 Å². The molecule has 1 saturated heterocycles. The SMILES string of the molecule is CC1CN(C2CC2)CC1NCc1ccc2occc2c1. The second kappa shape index (κ2) is 4.90. The summed E-state index contributed by atoms with van der Waals surface area (Å²) in [6, 6.07) is 10.0. The summed E-state index contributed by atoms with van der Waals surface area (Å²) < 4.78 is 5.39. The highest BCUT2D eigenvalue weighted by Crippen LogP contribution is 2.31. The van der Waals surface area contributed by atoms with E-state index in [0.29, 0.717) is 6.04 Å². The number of hydrogen-bond acceptors (Lipinski definition) is 3. The van der Waals surface area contributed by atoms with Crippen molar-refractivity contribution in [3.63, 3.8) is 0 Å². The Kier molecular flexibility index (Phi) is 3.04. The molecule has 1 aliphatic heterocycles. The van der Waals surface area contributed by atoms with Crippen molar-refractivity contribution in [2.24, 2.45) is 5.92 Å². The predicted molar refractivity (Wildman–Crippen MR) is 80.6 cm³/mol. The highest BCUT2D eigenvalue weighted by molar-refractivity contribution is 5.77. The van der Waals surface area contributed by atoms with Gasteiger partial charge in [0, 0.05) is 37.1 Å². The first-order chi connectivity index (χ1) is 9.79. The molecule has 2 atom stereocenters. The Balaban J connectivity index is 1.39. The second-order valence-corrected chi connectivity index (χ2v) is 6.44. The second-order valence-electron chi connectivity index (χ2n) is 6.44. The molecule has 3 heteroatoms. The van der Waals surface area contributed by atoms with E-state index < -0.39 is 0 Å². The Labute approximate surface area is 119 Å². The van der Waals surface area contributed by atoms with Crippen LogP contribution in [0.2, 0.25) is 0 Å². The van der Waals surface area contributed by atoms with Crippen LogP contribution in [0.25, 0.3) is 11.0 Å². The number of likely N-dealkylation sites (tertiary alicyclic amines) is 1. The van der Waals surface area contributed by atoms with Crippen LogP contribution in [0.3, 0.4) is 0 Å². The van der Waals surface area contributed by atoms with E-state index in [2.05, 4.69) is 35.3 Å². The largest absolute Gasteiger partial charge is 0.464 e. The van der Waals surface area contributed by atoms with E-state index in [9.17, 15) is 0 Å². The smallest absolute Gasteiger partial charge is 0.133 e. The van der Waals surface area contributed by atoms with Crippen molar-refractivity contribution >= 4 is 11.0 Å². The molecule has 1 saturated carbocycles. The Morgan fingerprint density at radius 1 is 1.25 bits per heavy atom. The van der Waals surface area contributed by atoms with Crippen LogP contribution in [0.4, 0.5) is 0 Å². The van der Waals surface area contributed by atoms with Crippen LogP contribution in [-0.2, 0) is 6.54 Å². The van der Waals surface area contributed by atoms with Gasteiger partial charge in [0.05, 0.1) is 6.26 Å². The molecule has 2 unspecified atom stereocenters. The zero-order valence-corrected chi connectivity index (χ0v) is 12.0. The summed E-state index contributed by atoms with van der Waals surface area (Å²) in [5.41, 5.74) is 2.32. The van der Waals surface area contributed by atoms with Crippen LogP contribution in [-0.4, -0.2) is 30.1 Å². The number of nitrogens with one attached hydrogen (secondary N) is 1. The fraction of sp³-hybridized carbons (Fsp3) is 0.529. The number of furan rings is 1.